The smallest absolute Gasteiger partial charge is 0.193 e. The van der Waals surface area contributed by atoms with Crippen LogP contribution >= 0.6 is 35.7 Å². The molecule has 0 unspecified atom stereocenters. The fourth-order valence-corrected chi connectivity index (χ4v) is 3.87. The van der Waals surface area contributed by atoms with Crippen LogP contribution in [0.2, 0.25) is 0 Å². The van der Waals surface area contributed by atoms with E-state index in [2.05, 4.69) is 15.2 Å². The lowest BCUT2D eigenvalue weighted by molar-refractivity contribution is 0.00991. The van der Waals surface area contributed by atoms with Gasteiger partial charge in [-0.1, -0.05) is 0 Å². The molecule has 160 valence electrons. The maximum absolute atomic E-state index is 12.9. The first-order valence-corrected chi connectivity index (χ1v) is 10.7. The van der Waals surface area contributed by atoms with E-state index in [1.165, 1.54) is 12.1 Å². The molecule has 0 saturated carbocycles. The van der Waals surface area contributed by atoms with Gasteiger partial charge in [-0.15, -0.1) is 35.7 Å². The van der Waals surface area contributed by atoms with Crippen molar-refractivity contribution >= 4 is 41.7 Å². The molecular formula is C20H33FIN3O2S. The van der Waals surface area contributed by atoms with Crippen LogP contribution in [0.5, 0.6) is 0 Å². The van der Waals surface area contributed by atoms with E-state index in [-0.39, 0.29) is 29.8 Å². The zero-order valence-electron chi connectivity index (χ0n) is 16.9. The Bertz CT molecular complexity index is 555. The number of halogens is 2. The molecular weight excluding hydrogens is 492 g/mol. The fourth-order valence-electron chi connectivity index (χ4n) is 3.01. The van der Waals surface area contributed by atoms with Gasteiger partial charge in [0.25, 0.3) is 0 Å². The highest BCUT2D eigenvalue weighted by atomic mass is 127. The molecule has 0 aromatic heterocycles. The third kappa shape index (κ3) is 9.76. The molecule has 0 atom stereocenters. The molecule has 8 heteroatoms. The molecule has 2 rings (SSSR count). The predicted octanol–water partition coefficient (Wildman–Crippen LogP) is 4.02. The van der Waals surface area contributed by atoms with Crippen LogP contribution in [0.1, 0.15) is 25.7 Å². The van der Waals surface area contributed by atoms with Crippen LogP contribution in [-0.4, -0.2) is 69.7 Å². The van der Waals surface area contributed by atoms with Crippen molar-refractivity contribution in [2.75, 3.05) is 52.8 Å². The first-order valence-electron chi connectivity index (χ1n) is 9.67. The summed E-state index contributed by atoms with van der Waals surface area (Å²) in [6.07, 6.45) is 4.40. The highest BCUT2D eigenvalue weighted by Gasteiger charge is 2.21. The number of likely N-dealkylation sites (tertiary alicyclic amines) is 1. The zero-order chi connectivity index (χ0) is 19.3. The van der Waals surface area contributed by atoms with Gasteiger partial charge in [-0.2, -0.15) is 0 Å². The molecule has 5 nitrogen and oxygen atoms in total. The number of piperidine rings is 1. The molecule has 28 heavy (non-hydrogen) atoms. The number of hydrogen-bond donors (Lipinski definition) is 1. The van der Waals surface area contributed by atoms with Crippen LogP contribution in [0.4, 0.5) is 4.39 Å². The number of hydrogen-bond acceptors (Lipinski definition) is 4. The molecule has 0 amide bonds. The SMILES string of the molecule is CN=C(NCCCSc1ccc(F)cc1)N1CCC(OCCCOC)CC1.I. The zero-order valence-corrected chi connectivity index (χ0v) is 20.0. The molecule has 1 aromatic carbocycles. The minimum Gasteiger partial charge on any atom is -0.385 e. The third-order valence-electron chi connectivity index (χ3n) is 4.49. The second kappa shape index (κ2) is 15.3. The number of guanidine groups is 1. The summed E-state index contributed by atoms with van der Waals surface area (Å²) in [6.45, 7) is 4.36. The van der Waals surface area contributed by atoms with Crippen LogP contribution < -0.4 is 5.32 Å². The summed E-state index contributed by atoms with van der Waals surface area (Å²) in [5.41, 5.74) is 0. The van der Waals surface area contributed by atoms with Crippen LogP contribution in [-0.2, 0) is 9.47 Å². The Morgan fingerprint density at radius 2 is 1.93 bits per heavy atom. The van der Waals surface area contributed by atoms with E-state index in [0.717, 1.165) is 75.1 Å². The first-order chi connectivity index (χ1) is 13.2. The molecule has 1 aromatic rings. The largest absolute Gasteiger partial charge is 0.385 e. The average molecular weight is 525 g/mol. The first kappa shape index (κ1) is 25.5. The van der Waals surface area contributed by atoms with Gasteiger partial charge in [0.15, 0.2) is 5.96 Å². The van der Waals surface area contributed by atoms with E-state index in [1.54, 1.807) is 18.9 Å². The number of nitrogens with zero attached hydrogens (tertiary/aromatic N) is 2. The molecule has 1 fully saturated rings. The van der Waals surface area contributed by atoms with Gasteiger partial charge in [-0.05, 0) is 55.7 Å². The monoisotopic (exact) mass is 525 g/mol. The van der Waals surface area contributed by atoms with E-state index in [9.17, 15) is 4.39 Å². The summed E-state index contributed by atoms with van der Waals surface area (Å²) in [5, 5.41) is 3.45. The van der Waals surface area contributed by atoms with Gasteiger partial charge in [0.1, 0.15) is 5.82 Å². The van der Waals surface area contributed by atoms with Gasteiger partial charge in [0.2, 0.25) is 0 Å². The summed E-state index contributed by atoms with van der Waals surface area (Å²) < 4.78 is 23.9. The van der Waals surface area contributed by atoms with Crippen molar-refractivity contribution in [3.8, 4) is 0 Å². The van der Waals surface area contributed by atoms with Crippen molar-refractivity contribution in [2.45, 2.75) is 36.7 Å². The second-order valence-corrected chi connectivity index (χ2v) is 7.70. The van der Waals surface area contributed by atoms with Crippen molar-refractivity contribution in [2.24, 2.45) is 4.99 Å². The highest BCUT2D eigenvalue weighted by molar-refractivity contribution is 14.0. The van der Waals surface area contributed by atoms with Crippen LogP contribution in [0, 0.1) is 5.82 Å². The summed E-state index contributed by atoms with van der Waals surface area (Å²) in [6, 6.07) is 6.67. The van der Waals surface area contributed by atoms with E-state index in [4.69, 9.17) is 9.47 Å². The number of aliphatic imine (C=N–C) groups is 1. The van der Waals surface area contributed by atoms with Gasteiger partial charge in [0.05, 0.1) is 6.10 Å². The van der Waals surface area contributed by atoms with Crippen molar-refractivity contribution in [1.82, 2.24) is 10.2 Å². The van der Waals surface area contributed by atoms with Gasteiger partial charge >= 0.3 is 0 Å². The van der Waals surface area contributed by atoms with Crippen molar-refractivity contribution in [1.29, 1.82) is 0 Å². The number of ether oxygens (including phenoxy) is 2. The molecule has 1 aliphatic rings. The lowest BCUT2D eigenvalue weighted by Crippen LogP contribution is -2.47. The standard InChI is InChI=1S/C20H32FN3O2S.HI/c1-22-20(23-11-3-16-27-19-7-5-17(21)6-8-19)24-12-9-18(10-13-24)26-15-4-14-25-2;/h5-8,18H,3-4,9-16H2,1-2H3,(H,22,23);1H. The number of benzene rings is 1. The Morgan fingerprint density at radius 1 is 1.21 bits per heavy atom. The molecule has 1 heterocycles. The molecule has 0 radical (unpaired) electrons. The fraction of sp³-hybridized carbons (Fsp3) is 0.650. The van der Waals surface area contributed by atoms with Crippen LogP contribution in [0.25, 0.3) is 0 Å². The summed E-state index contributed by atoms with van der Waals surface area (Å²) >= 11 is 1.75. The number of methoxy groups -OCH3 is 1. The minimum atomic E-state index is -0.186. The quantitative estimate of drug-likeness (QED) is 0.165. The van der Waals surface area contributed by atoms with Gasteiger partial charge < -0.3 is 19.7 Å². The van der Waals surface area contributed by atoms with E-state index in [0.29, 0.717) is 6.10 Å². The Balaban J connectivity index is 0.00000392. The second-order valence-electron chi connectivity index (χ2n) is 6.53. The summed E-state index contributed by atoms with van der Waals surface area (Å²) in [7, 11) is 3.56. The van der Waals surface area contributed by atoms with Gasteiger partial charge in [0, 0.05) is 51.9 Å². The predicted molar refractivity (Wildman–Crippen MR) is 126 cm³/mol. The molecule has 1 N–H and O–H groups in total. The third-order valence-corrected chi connectivity index (χ3v) is 5.58. The number of thioether (sulfide) groups is 1. The van der Waals surface area contributed by atoms with Crippen LogP contribution in [0.15, 0.2) is 34.2 Å². The number of rotatable bonds is 10. The molecule has 0 aliphatic carbocycles. The Labute approximate surface area is 189 Å². The molecule has 0 bridgehead atoms. The maximum Gasteiger partial charge on any atom is 0.193 e. The molecule has 1 saturated heterocycles. The normalized spacial score (nSPS) is 15.4. The van der Waals surface area contributed by atoms with Crippen molar-refractivity contribution < 1.29 is 13.9 Å². The Kier molecular flexibility index (Phi) is 13.9. The topological polar surface area (TPSA) is 46.1 Å². The average Bonchev–Trinajstić information content (AvgIpc) is 2.70. The Hall–Kier alpha value is -0.580. The van der Waals surface area contributed by atoms with Gasteiger partial charge in [-0.25, -0.2) is 4.39 Å². The summed E-state index contributed by atoms with van der Waals surface area (Å²) in [5.74, 6) is 1.78. The highest BCUT2D eigenvalue weighted by Crippen LogP contribution is 2.18. The lowest BCUT2D eigenvalue weighted by Gasteiger charge is -2.34. The summed E-state index contributed by atoms with van der Waals surface area (Å²) in [4.78, 5) is 7.83. The van der Waals surface area contributed by atoms with Gasteiger partial charge in [-0.3, -0.25) is 4.99 Å². The van der Waals surface area contributed by atoms with E-state index < -0.39 is 0 Å². The molecule has 0 spiro atoms. The molecule has 1 aliphatic heterocycles. The minimum absolute atomic E-state index is 0. The van der Waals surface area contributed by atoms with Crippen molar-refractivity contribution in [3.05, 3.63) is 30.1 Å². The van der Waals surface area contributed by atoms with E-state index in [1.807, 2.05) is 19.2 Å². The van der Waals surface area contributed by atoms with E-state index >= 15 is 0 Å². The number of nitrogens with one attached hydrogen (secondary N) is 1. The maximum atomic E-state index is 12.9. The Morgan fingerprint density at radius 3 is 2.57 bits per heavy atom. The van der Waals surface area contributed by atoms with Crippen molar-refractivity contribution in [3.63, 3.8) is 0 Å². The lowest BCUT2D eigenvalue weighted by atomic mass is 10.1. The van der Waals surface area contributed by atoms with Crippen LogP contribution in [0.3, 0.4) is 0 Å².